The summed E-state index contributed by atoms with van der Waals surface area (Å²) in [6.07, 6.45) is 1.85. The molecule has 1 N–H and O–H groups in total. The van der Waals surface area contributed by atoms with Crippen molar-refractivity contribution in [2.24, 2.45) is 0 Å². The van der Waals surface area contributed by atoms with Crippen LogP contribution >= 0.6 is 0 Å². The highest BCUT2D eigenvalue weighted by molar-refractivity contribution is 6.11. The monoisotopic (exact) mass is 736 g/mol. The van der Waals surface area contributed by atoms with Crippen LogP contribution in [0, 0.1) is 0 Å². The first kappa shape index (κ1) is 34.3. The Kier molecular flexibility index (Phi) is 8.12. The number of aromatic hydroxyl groups is 1. The predicted molar refractivity (Wildman–Crippen MR) is 235 cm³/mol. The lowest BCUT2D eigenvalue weighted by Crippen LogP contribution is -2.11. The summed E-state index contributed by atoms with van der Waals surface area (Å²) in [5.74, 6) is 0.818. The van der Waals surface area contributed by atoms with Gasteiger partial charge in [-0.1, -0.05) is 130 Å². The Hall–Kier alpha value is -7.24. The topological polar surface area (TPSA) is 55.9 Å². The third-order valence-electron chi connectivity index (χ3n) is 11.0. The van der Waals surface area contributed by atoms with Crippen LogP contribution in [0.5, 0.6) is 5.75 Å². The summed E-state index contributed by atoms with van der Waals surface area (Å²) in [5.41, 5.74) is 13.8. The number of aromatic nitrogens is 4. The lowest BCUT2D eigenvalue weighted by Gasteiger charge is -2.21. The highest BCUT2D eigenvalue weighted by Gasteiger charge is 2.25. The van der Waals surface area contributed by atoms with E-state index in [9.17, 15) is 5.11 Å². The Labute approximate surface area is 331 Å². The molecule has 5 nitrogen and oxygen atoms in total. The van der Waals surface area contributed by atoms with E-state index in [0.717, 1.165) is 77.7 Å². The van der Waals surface area contributed by atoms with E-state index in [1.54, 1.807) is 0 Å². The molecule has 0 saturated heterocycles. The van der Waals surface area contributed by atoms with Gasteiger partial charge in [0.25, 0.3) is 0 Å². The van der Waals surface area contributed by atoms with Gasteiger partial charge in [-0.3, -0.25) is 9.55 Å². The summed E-state index contributed by atoms with van der Waals surface area (Å²) in [4.78, 5) is 10.3. The van der Waals surface area contributed by atoms with Crippen molar-refractivity contribution in [1.82, 2.24) is 19.1 Å². The van der Waals surface area contributed by atoms with Crippen molar-refractivity contribution in [1.29, 1.82) is 0 Å². The summed E-state index contributed by atoms with van der Waals surface area (Å²) >= 11 is 0. The van der Waals surface area contributed by atoms with E-state index in [0.29, 0.717) is 11.4 Å². The number of pyridine rings is 1. The average Bonchev–Trinajstić information content (AvgIpc) is 3.79. The van der Waals surface area contributed by atoms with Gasteiger partial charge < -0.3 is 9.67 Å². The smallest absolute Gasteiger partial charge is 0.149 e. The summed E-state index contributed by atoms with van der Waals surface area (Å²) in [6, 6.07) is 60.9. The molecule has 0 saturated carbocycles. The molecule has 10 aromatic rings. The molecule has 0 atom stereocenters. The molecule has 7 aromatic carbocycles. The highest BCUT2D eigenvalue weighted by atomic mass is 16.3. The van der Waals surface area contributed by atoms with Crippen molar-refractivity contribution >= 4 is 32.8 Å². The Morgan fingerprint density at radius 3 is 1.96 bits per heavy atom. The first-order chi connectivity index (χ1) is 27.8. The number of hydrogen-bond acceptors (Lipinski definition) is 3. The average molecular weight is 737 g/mol. The third-order valence-corrected chi connectivity index (χ3v) is 11.0. The van der Waals surface area contributed by atoms with Crippen molar-refractivity contribution in [3.05, 3.63) is 188 Å². The van der Waals surface area contributed by atoms with Gasteiger partial charge in [0.1, 0.15) is 11.6 Å². The molecule has 5 heteroatoms. The minimum absolute atomic E-state index is 0.104. The van der Waals surface area contributed by atoms with Gasteiger partial charge >= 0.3 is 0 Å². The first-order valence-corrected chi connectivity index (χ1v) is 19.4. The minimum atomic E-state index is -0.104. The molecule has 0 aliphatic heterocycles. The van der Waals surface area contributed by atoms with Gasteiger partial charge in [0.05, 0.1) is 39.0 Å². The standard InChI is InChI=1S/C52H40N4O/c1-52(2,3)37-30-35(29-36(31-37)44-24-14-15-28-53-44)40-23-16-27-47-50(40)54-51(56(47)45-25-12-10-21-39(45)34-17-6-4-7-18-34)43-32-42-41-22-11-13-26-46(41)55(48(42)33-49(43)57)38-19-8-5-9-20-38/h4-33,57H,1-3H3. The number of nitrogens with zero attached hydrogens (tertiary/aromatic N) is 4. The van der Waals surface area contributed by atoms with Crippen LogP contribution in [-0.4, -0.2) is 24.2 Å². The van der Waals surface area contributed by atoms with E-state index in [1.807, 2.05) is 48.7 Å². The summed E-state index contributed by atoms with van der Waals surface area (Å²) in [6.45, 7) is 6.74. The molecule has 0 aliphatic rings. The second-order valence-corrected chi connectivity index (χ2v) is 15.7. The number of phenols is 1. The van der Waals surface area contributed by atoms with Crippen molar-refractivity contribution in [3.8, 4) is 62.0 Å². The largest absolute Gasteiger partial charge is 0.507 e. The molecular weight excluding hydrogens is 697 g/mol. The van der Waals surface area contributed by atoms with E-state index < -0.39 is 0 Å². The zero-order valence-electron chi connectivity index (χ0n) is 32.1. The van der Waals surface area contributed by atoms with Gasteiger partial charge in [-0.15, -0.1) is 0 Å². The summed E-state index contributed by atoms with van der Waals surface area (Å²) in [5, 5.41) is 14.4. The Morgan fingerprint density at radius 2 is 1.18 bits per heavy atom. The second kappa shape index (κ2) is 13.5. The van der Waals surface area contributed by atoms with E-state index in [1.165, 1.54) is 5.56 Å². The number of hydrogen-bond donors (Lipinski definition) is 1. The molecule has 3 heterocycles. The fraction of sp³-hybridized carbons (Fsp3) is 0.0769. The van der Waals surface area contributed by atoms with E-state index >= 15 is 0 Å². The van der Waals surface area contributed by atoms with Crippen LogP contribution in [0.1, 0.15) is 26.3 Å². The quantitative estimate of drug-likeness (QED) is 0.185. The molecule has 10 rings (SSSR count). The van der Waals surface area contributed by atoms with Gasteiger partial charge in [0.15, 0.2) is 0 Å². The van der Waals surface area contributed by atoms with Crippen LogP contribution in [0.25, 0.3) is 89.1 Å². The van der Waals surface area contributed by atoms with Gasteiger partial charge in [-0.25, -0.2) is 4.98 Å². The van der Waals surface area contributed by atoms with Gasteiger partial charge in [0.2, 0.25) is 0 Å². The molecule has 0 aliphatic carbocycles. The summed E-state index contributed by atoms with van der Waals surface area (Å²) < 4.78 is 4.45. The highest BCUT2D eigenvalue weighted by Crippen LogP contribution is 2.44. The fourth-order valence-electron chi connectivity index (χ4n) is 8.22. The lowest BCUT2D eigenvalue weighted by molar-refractivity contribution is 0.477. The van der Waals surface area contributed by atoms with Crippen LogP contribution in [0.2, 0.25) is 0 Å². The van der Waals surface area contributed by atoms with Crippen molar-refractivity contribution < 1.29 is 5.11 Å². The normalized spacial score (nSPS) is 11.8. The van der Waals surface area contributed by atoms with Crippen molar-refractivity contribution in [2.45, 2.75) is 26.2 Å². The van der Waals surface area contributed by atoms with Crippen LogP contribution in [0.4, 0.5) is 0 Å². The van der Waals surface area contributed by atoms with Crippen molar-refractivity contribution in [2.75, 3.05) is 0 Å². The van der Waals surface area contributed by atoms with E-state index in [2.05, 4.69) is 163 Å². The number of fused-ring (bicyclic) bond motifs is 4. The molecule has 0 spiro atoms. The zero-order valence-corrected chi connectivity index (χ0v) is 32.1. The number of rotatable bonds is 6. The van der Waals surface area contributed by atoms with Crippen LogP contribution < -0.4 is 0 Å². The fourth-order valence-corrected chi connectivity index (χ4v) is 8.22. The molecule has 3 aromatic heterocycles. The number of imidazole rings is 1. The van der Waals surface area contributed by atoms with Crippen LogP contribution in [0.3, 0.4) is 0 Å². The van der Waals surface area contributed by atoms with Crippen molar-refractivity contribution in [3.63, 3.8) is 0 Å². The number of benzene rings is 7. The van der Waals surface area contributed by atoms with Crippen LogP contribution in [-0.2, 0) is 5.41 Å². The van der Waals surface area contributed by atoms with Gasteiger partial charge in [-0.05, 0) is 82.8 Å². The zero-order chi connectivity index (χ0) is 38.7. The third kappa shape index (κ3) is 5.87. The Bertz CT molecular complexity index is 3100. The lowest BCUT2D eigenvalue weighted by atomic mass is 9.83. The molecule has 274 valence electrons. The summed E-state index contributed by atoms with van der Waals surface area (Å²) in [7, 11) is 0. The number of para-hydroxylation sites is 4. The molecule has 0 amide bonds. The predicted octanol–water partition coefficient (Wildman–Crippen LogP) is 13.2. The van der Waals surface area contributed by atoms with E-state index in [-0.39, 0.29) is 11.2 Å². The number of phenolic OH excluding ortho intramolecular Hbond substituents is 1. The first-order valence-electron chi connectivity index (χ1n) is 19.4. The van der Waals surface area contributed by atoms with E-state index in [4.69, 9.17) is 9.97 Å². The molecule has 0 radical (unpaired) electrons. The SMILES string of the molecule is CC(C)(C)c1cc(-c2ccccn2)cc(-c2cccc3c2nc(-c2cc4c5ccccc5n(-c5ccccc5)c4cc2O)n3-c2ccccc2-c2ccccc2)c1. The molecule has 0 fully saturated rings. The second-order valence-electron chi connectivity index (χ2n) is 15.7. The maximum atomic E-state index is 12.2. The maximum absolute atomic E-state index is 12.2. The Balaban J connectivity index is 1.29. The molecular formula is C52H40N4O. The van der Waals surface area contributed by atoms with Crippen LogP contribution in [0.15, 0.2) is 182 Å². The molecule has 57 heavy (non-hydrogen) atoms. The molecule has 0 unspecified atom stereocenters. The molecule has 0 bridgehead atoms. The maximum Gasteiger partial charge on any atom is 0.149 e. The van der Waals surface area contributed by atoms with Gasteiger partial charge in [-0.2, -0.15) is 0 Å². The minimum Gasteiger partial charge on any atom is -0.507 e. The Morgan fingerprint density at radius 1 is 0.491 bits per heavy atom. The van der Waals surface area contributed by atoms with Gasteiger partial charge in [0, 0.05) is 45.4 Å².